The number of nitrogens with zero attached hydrogens (tertiary/aromatic N) is 3. The van der Waals surface area contributed by atoms with Crippen molar-refractivity contribution < 1.29 is 9.18 Å². The summed E-state index contributed by atoms with van der Waals surface area (Å²) in [6.07, 6.45) is 3.73. The lowest BCUT2D eigenvalue weighted by atomic mass is 10.0. The normalized spacial score (nSPS) is 10.3. The number of amides is 1. The summed E-state index contributed by atoms with van der Waals surface area (Å²) in [7, 11) is 0. The van der Waals surface area contributed by atoms with Crippen molar-refractivity contribution in [3.63, 3.8) is 0 Å². The van der Waals surface area contributed by atoms with E-state index >= 15 is 0 Å². The van der Waals surface area contributed by atoms with Crippen molar-refractivity contribution in [1.82, 2.24) is 4.98 Å². The van der Waals surface area contributed by atoms with Gasteiger partial charge >= 0.3 is 0 Å². The molecule has 0 radical (unpaired) electrons. The van der Waals surface area contributed by atoms with Crippen molar-refractivity contribution in [3.8, 4) is 17.2 Å². The molecule has 0 saturated heterocycles. The third-order valence-corrected chi connectivity index (χ3v) is 4.21. The molecule has 0 atom stereocenters. The Bertz CT molecular complexity index is 996. The first-order chi connectivity index (χ1) is 13.1. The lowest BCUT2D eigenvalue weighted by Gasteiger charge is -2.23. The Morgan fingerprint density at radius 2 is 1.89 bits per heavy atom. The van der Waals surface area contributed by atoms with E-state index in [1.807, 2.05) is 42.5 Å². The number of anilines is 1. The largest absolute Gasteiger partial charge is 0.308 e. The maximum atomic E-state index is 13.9. The molecule has 0 aliphatic heterocycles. The summed E-state index contributed by atoms with van der Waals surface area (Å²) >= 11 is 0. The lowest BCUT2D eigenvalue weighted by Crippen LogP contribution is -2.29. The summed E-state index contributed by atoms with van der Waals surface area (Å²) in [5.41, 5.74) is 3.51. The fourth-order valence-electron chi connectivity index (χ4n) is 2.89. The molecule has 0 aliphatic carbocycles. The molecule has 0 bridgehead atoms. The van der Waals surface area contributed by atoms with Gasteiger partial charge < -0.3 is 4.90 Å². The van der Waals surface area contributed by atoms with Gasteiger partial charge in [0, 0.05) is 24.5 Å². The molecule has 3 rings (SSSR count). The summed E-state index contributed by atoms with van der Waals surface area (Å²) in [6.45, 7) is 2.05. The number of halogens is 1. The van der Waals surface area contributed by atoms with Gasteiger partial charge in [-0.25, -0.2) is 4.39 Å². The van der Waals surface area contributed by atoms with E-state index in [0.29, 0.717) is 12.2 Å². The molecule has 4 nitrogen and oxygen atoms in total. The van der Waals surface area contributed by atoms with Crippen LogP contribution in [0.1, 0.15) is 24.5 Å². The van der Waals surface area contributed by atoms with Crippen LogP contribution >= 0.6 is 0 Å². The van der Waals surface area contributed by atoms with Gasteiger partial charge in [-0.2, -0.15) is 5.26 Å². The summed E-state index contributed by atoms with van der Waals surface area (Å²) in [4.78, 5) is 18.0. The molecule has 1 heterocycles. The molecular formula is C22H18FN3O. The van der Waals surface area contributed by atoms with Crippen LogP contribution in [-0.2, 0) is 11.3 Å². The maximum absolute atomic E-state index is 13.9. The molecule has 0 spiro atoms. The summed E-state index contributed by atoms with van der Waals surface area (Å²) < 4.78 is 13.9. The van der Waals surface area contributed by atoms with Crippen LogP contribution < -0.4 is 4.90 Å². The summed E-state index contributed by atoms with van der Waals surface area (Å²) in [5, 5.41) is 9.09. The standard InChI is InChI=1S/C22H18FN3O/c1-2-22(27)26(21-12-17(14-24)11-20(23)13-21)15-16-4-3-5-19(10-16)18-6-8-25-9-7-18/h3-13H,2,15H2,1H3. The topological polar surface area (TPSA) is 57.0 Å². The van der Waals surface area contributed by atoms with Crippen LogP contribution in [0, 0.1) is 17.1 Å². The molecule has 27 heavy (non-hydrogen) atoms. The number of aromatic nitrogens is 1. The van der Waals surface area contributed by atoms with Gasteiger partial charge in [0.15, 0.2) is 0 Å². The Kier molecular flexibility index (Phi) is 5.58. The van der Waals surface area contributed by atoms with Gasteiger partial charge in [-0.15, -0.1) is 0 Å². The molecule has 3 aromatic rings. The molecular weight excluding hydrogens is 341 g/mol. The van der Waals surface area contributed by atoms with Gasteiger partial charge in [0.2, 0.25) is 5.91 Å². The Morgan fingerprint density at radius 1 is 1.11 bits per heavy atom. The fraction of sp³-hybridized carbons (Fsp3) is 0.136. The number of hydrogen-bond acceptors (Lipinski definition) is 3. The third-order valence-electron chi connectivity index (χ3n) is 4.21. The van der Waals surface area contributed by atoms with Crippen molar-refractivity contribution in [2.75, 3.05) is 4.90 Å². The summed E-state index contributed by atoms with van der Waals surface area (Å²) in [6, 6.07) is 17.6. The second kappa shape index (κ2) is 8.24. The molecule has 1 aromatic heterocycles. The molecule has 2 aromatic carbocycles. The molecule has 1 amide bonds. The first-order valence-corrected chi connectivity index (χ1v) is 8.61. The zero-order chi connectivity index (χ0) is 19.2. The van der Waals surface area contributed by atoms with Gasteiger partial charge in [-0.3, -0.25) is 9.78 Å². The number of hydrogen-bond donors (Lipinski definition) is 0. The quantitative estimate of drug-likeness (QED) is 0.663. The van der Waals surface area contributed by atoms with E-state index in [0.717, 1.165) is 22.8 Å². The predicted octanol–water partition coefficient (Wildman–Crippen LogP) is 4.70. The second-order valence-corrected chi connectivity index (χ2v) is 6.08. The smallest absolute Gasteiger partial charge is 0.227 e. The van der Waals surface area contributed by atoms with Gasteiger partial charge in [0.25, 0.3) is 0 Å². The minimum Gasteiger partial charge on any atom is -0.308 e. The second-order valence-electron chi connectivity index (χ2n) is 6.08. The Balaban J connectivity index is 1.96. The minimum absolute atomic E-state index is 0.140. The minimum atomic E-state index is -0.538. The number of carbonyl (C=O) groups is 1. The zero-order valence-corrected chi connectivity index (χ0v) is 14.9. The van der Waals surface area contributed by atoms with E-state index in [9.17, 15) is 9.18 Å². The predicted molar refractivity (Wildman–Crippen MR) is 102 cm³/mol. The molecule has 0 N–H and O–H groups in total. The lowest BCUT2D eigenvalue weighted by molar-refractivity contribution is -0.118. The van der Waals surface area contributed by atoms with Crippen LogP contribution in [-0.4, -0.2) is 10.9 Å². The molecule has 5 heteroatoms. The maximum Gasteiger partial charge on any atom is 0.227 e. The van der Waals surface area contributed by atoms with Crippen molar-refractivity contribution in [1.29, 1.82) is 5.26 Å². The Labute approximate surface area is 157 Å². The number of rotatable bonds is 5. The number of carbonyl (C=O) groups excluding carboxylic acids is 1. The van der Waals surface area contributed by atoms with Crippen LogP contribution in [0.4, 0.5) is 10.1 Å². The van der Waals surface area contributed by atoms with Gasteiger partial charge in [0.1, 0.15) is 5.82 Å². The van der Waals surface area contributed by atoms with Crippen LogP contribution in [0.15, 0.2) is 67.0 Å². The number of pyridine rings is 1. The van der Waals surface area contributed by atoms with E-state index in [-0.39, 0.29) is 17.9 Å². The molecule has 0 unspecified atom stereocenters. The van der Waals surface area contributed by atoms with Crippen LogP contribution in [0.3, 0.4) is 0 Å². The molecule has 0 saturated carbocycles. The van der Waals surface area contributed by atoms with E-state index < -0.39 is 5.82 Å². The average Bonchev–Trinajstić information content (AvgIpc) is 2.71. The van der Waals surface area contributed by atoms with E-state index in [4.69, 9.17) is 5.26 Å². The van der Waals surface area contributed by atoms with E-state index in [1.165, 1.54) is 17.0 Å². The first kappa shape index (κ1) is 18.3. The van der Waals surface area contributed by atoms with E-state index in [2.05, 4.69) is 4.98 Å². The van der Waals surface area contributed by atoms with Gasteiger partial charge in [0.05, 0.1) is 18.2 Å². The van der Waals surface area contributed by atoms with Gasteiger partial charge in [-0.05, 0) is 53.1 Å². The number of benzene rings is 2. The highest BCUT2D eigenvalue weighted by Crippen LogP contribution is 2.24. The highest BCUT2D eigenvalue weighted by atomic mass is 19.1. The first-order valence-electron chi connectivity index (χ1n) is 8.61. The highest BCUT2D eigenvalue weighted by Gasteiger charge is 2.16. The molecule has 0 fully saturated rings. The Hall–Kier alpha value is -3.52. The fourth-order valence-corrected chi connectivity index (χ4v) is 2.89. The number of nitriles is 1. The van der Waals surface area contributed by atoms with Crippen molar-refractivity contribution >= 4 is 11.6 Å². The van der Waals surface area contributed by atoms with Crippen LogP contribution in [0.2, 0.25) is 0 Å². The van der Waals surface area contributed by atoms with Crippen molar-refractivity contribution in [2.24, 2.45) is 0 Å². The van der Waals surface area contributed by atoms with Crippen LogP contribution in [0.5, 0.6) is 0 Å². The van der Waals surface area contributed by atoms with Crippen molar-refractivity contribution in [3.05, 3.63) is 83.9 Å². The SMILES string of the molecule is CCC(=O)N(Cc1cccc(-c2ccncc2)c1)c1cc(F)cc(C#N)c1. The third kappa shape index (κ3) is 4.36. The zero-order valence-electron chi connectivity index (χ0n) is 14.9. The summed E-state index contributed by atoms with van der Waals surface area (Å²) in [5.74, 6) is -0.678. The monoisotopic (exact) mass is 359 g/mol. The Morgan fingerprint density at radius 3 is 2.59 bits per heavy atom. The van der Waals surface area contributed by atoms with E-state index in [1.54, 1.807) is 19.3 Å². The molecule has 0 aliphatic rings. The average molecular weight is 359 g/mol. The highest BCUT2D eigenvalue weighted by molar-refractivity contribution is 5.93. The van der Waals surface area contributed by atoms with Crippen LogP contribution in [0.25, 0.3) is 11.1 Å². The van der Waals surface area contributed by atoms with Crippen molar-refractivity contribution in [2.45, 2.75) is 19.9 Å². The van der Waals surface area contributed by atoms with Gasteiger partial charge in [-0.1, -0.05) is 25.1 Å². The molecule has 134 valence electrons.